The number of carbonyl (C=O) groups excluding carboxylic acids is 2. The normalized spacial score (nSPS) is 15.8. The van der Waals surface area contributed by atoms with Crippen LogP contribution in [0.5, 0.6) is 0 Å². The first-order chi connectivity index (χ1) is 11.8. The van der Waals surface area contributed by atoms with Crippen molar-refractivity contribution in [2.24, 2.45) is 0 Å². The Bertz CT molecular complexity index is 709. The summed E-state index contributed by atoms with van der Waals surface area (Å²) in [5.41, 5.74) is 1.26. The van der Waals surface area contributed by atoms with Gasteiger partial charge in [-0.25, -0.2) is 17.9 Å². The minimum absolute atomic E-state index is 0.158. The summed E-state index contributed by atoms with van der Waals surface area (Å²) >= 11 is 0. The number of benzene rings is 1. The van der Waals surface area contributed by atoms with Crippen LogP contribution in [0.2, 0.25) is 0 Å². The van der Waals surface area contributed by atoms with E-state index in [9.17, 15) is 18.0 Å². The first-order valence-corrected chi connectivity index (χ1v) is 10.2. The van der Waals surface area contributed by atoms with Crippen molar-refractivity contribution < 1.29 is 22.7 Å². The summed E-state index contributed by atoms with van der Waals surface area (Å²) in [5, 5.41) is 0. The highest BCUT2D eigenvalue weighted by atomic mass is 32.2. The van der Waals surface area contributed by atoms with Gasteiger partial charge < -0.3 is 9.64 Å². The second kappa shape index (κ2) is 8.44. The molecule has 1 atom stereocenters. The molecule has 1 aromatic carbocycles. The quantitative estimate of drug-likeness (QED) is 0.723. The lowest BCUT2D eigenvalue weighted by Gasteiger charge is -2.20. The van der Waals surface area contributed by atoms with Gasteiger partial charge in [-0.2, -0.15) is 0 Å². The van der Waals surface area contributed by atoms with Crippen molar-refractivity contribution in [3.05, 3.63) is 35.4 Å². The van der Waals surface area contributed by atoms with Crippen LogP contribution in [0.15, 0.2) is 24.3 Å². The molecule has 8 heteroatoms. The topological polar surface area (TPSA) is 92.8 Å². The number of hydrogen-bond acceptors (Lipinski definition) is 5. The van der Waals surface area contributed by atoms with Gasteiger partial charge in [0.15, 0.2) is 6.10 Å². The SMILES string of the molecule is C[C@@H](OC(=O)c1ccc(CCNS(C)(=O)=O)cc1)C(=O)N1CCCC1. The molecule has 1 heterocycles. The van der Waals surface area contributed by atoms with Crippen LogP contribution in [0.4, 0.5) is 0 Å². The van der Waals surface area contributed by atoms with Gasteiger partial charge in [0.2, 0.25) is 10.0 Å². The molecule has 1 saturated heterocycles. The molecular formula is C17H24N2O5S. The molecule has 1 amide bonds. The highest BCUT2D eigenvalue weighted by Gasteiger charge is 2.26. The summed E-state index contributed by atoms with van der Waals surface area (Å²) in [4.78, 5) is 26.0. The Hall–Kier alpha value is -1.93. The molecule has 1 N–H and O–H groups in total. The second-order valence-corrected chi connectivity index (χ2v) is 8.03. The van der Waals surface area contributed by atoms with E-state index in [1.165, 1.54) is 0 Å². The van der Waals surface area contributed by atoms with Gasteiger partial charge in [0.1, 0.15) is 0 Å². The fourth-order valence-corrected chi connectivity index (χ4v) is 3.13. The van der Waals surface area contributed by atoms with Gasteiger partial charge in [-0.15, -0.1) is 0 Å². The van der Waals surface area contributed by atoms with Crippen molar-refractivity contribution in [2.75, 3.05) is 25.9 Å². The van der Waals surface area contributed by atoms with Gasteiger partial charge >= 0.3 is 5.97 Å². The van der Waals surface area contributed by atoms with E-state index in [-0.39, 0.29) is 5.91 Å². The molecule has 2 rings (SSSR count). The van der Waals surface area contributed by atoms with Crippen LogP contribution in [0.3, 0.4) is 0 Å². The number of sulfonamides is 1. The summed E-state index contributed by atoms with van der Waals surface area (Å²) in [5.74, 6) is -0.699. The van der Waals surface area contributed by atoms with Crippen molar-refractivity contribution in [3.63, 3.8) is 0 Å². The zero-order chi connectivity index (χ0) is 18.4. The highest BCUT2D eigenvalue weighted by Crippen LogP contribution is 2.12. The molecule has 0 aliphatic carbocycles. The smallest absolute Gasteiger partial charge is 0.338 e. The summed E-state index contributed by atoms with van der Waals surface area (Å²) in [6.07, 6.45) is 2.80. The van der Waals surface area contributed by atoms with Crippen LogP contribution in [-0.4, -0.2) is 57.2 Å². The van der Waals surface area contributed by atoms with Crippen LogP contribution in [0.25, 0.3) is 0 Å². The van der Waals surface area contributed by atoms with E-state index in [0.29, 0.717) is 18.5 Å². The van der Waals surface area contributed by atoms with E-state index in [0.717, 1.165) is 37.8 Å². The Morgan fingerprint density at radius 1 is 1.20 bits per heavy atom. The van der Waals surface area contributed by atoms with E-state index in [4.69, 9.17) is 4.74 Å². The third-order valence-electron chi connectivity index (χ3n) is 4.02. The van der Waals surface area contributed by atoms with Gasteiger partial charge in [-0.05, 0) is 43.9 Å². The number of likely N-dealkylation sites (tertiary alicyclic amines) is 1. The fraction of sp³-hybridized carbons (Fsp3) is 0.529. The monoisotopic (exact) mass is 368 g/mol. The largest absolute Gasteiger partial charge is 0.449 e. The summed E-state index contributed by atoms with van der Waals surface area (Å²) in [7, 11) is -3.20. The Morgan fingerprint density at radius 2 is 1.80 bits per heavy atom. The van der Waals surface area contributed by atoms with Crippen LogP contribution >= 0.6 is 0 Å². The standard InChI is InChI=1S/C17H24N2O5S/c1-13(16(20)19-11-3-4-12-19)24-17(21)15-7-5-14(6-8-15)9-10-18-25(2,22)23/h5-8,13,18H,3-4,9-12H2,1-2H3/t13-/m1/s1. The van der Waals surface area contributed by atoms with E-state index in [2.05, 4.69) is 4.72 Å². The van der Waals surface area contributed by atoms with Gasteiger partial charge in [0.05, 0.1) is 11.8 Å². The molecule has 0 saturated carbocycles. The lowest BCUT2D eigenvalue weighted by Crippen LogP contribution is -2.38. The molecule has 0 bridgehead atoms. The predicted molar refractivity (Wildman–Crippen MR) is 93.7 cm³/mol. The van der Waals surface area contributed by atoms with E-state index < -0.39 is 22.1 Å². The third-order valence-corrected chi connectivity index (χ3v) is 4.75. The molecule has 1 aromatic rings. The minimum Gasteiger partial charge on any atom is -0.449 e. The molecule has 0 unspecified atom stereocenters. The molecule has 7 nitrogen and oxygen atoms in total. The van der Waals surface area contributed by atoms with E-state index >= 15 is 0 Å². The average molecular weight is 368 g/mol. The van der Waals surface area contributed by atoms with Crippen LogP contribution in [-0.2, 0) is 26.0 Å². The number of amides is 1. The Morgan fingerprint density at radius 3 is 2.36 bits per heavy atom. The summed E-state index contributed by atoms with van der Waals surface area (Å²) in [6, 6.07) is 6.72. The lowest BCUT2D eigenvalue weighted by molar-refractivity contribution is -0.138. The molecule has 25 heavy (non-hydrogen) atoms. The number of esters is 1. The predicted octanol–water partition coefficient (Wildman–Crippen LogP) is 0.946. The number of nitrogens with zero attached hydrogens (tertiary/aromatic N) is 1. The van der Waals surface area contributed by atoms with Crippen molar-refractivity contribution in [3.8, 4) is 0 Å². The maximum Gasteiger partial charge on any atom is 0.338 e. The summed E-state index contributed by atoms with van der Waals surface area (Å²) in [6.45, 7) is 3.32. The minimum atomic E-state index is -3.20. The maximum absolute atomic E-state index is 12.2. The van der Waals surface area contributed by atoms with Crippen LogP contribution in [0.1, 0.15) is 35.7 Å². The number of ether oxygens (including phenoxy) is 1. The van der Waals surface area contributed by atoms with Crippen molar-refractivity contribution >= 4 is 21.9 Å². The molecule has 1 aliphatic heterocycles. The Labute approximate surface area is 148 Å². The molecular weight excluding hydrogens is 344 g/mol. The molecule has 1 fully saturated rings. The van der Waals surface area contributed by atoms with Gasteiger partial charge in [-0.3, -0.25) is 4.79 Å². The Balaban J connectivity index is 1.86. The molecule has 138 valence electrons. The first kappa shape index (κ1) is 19.4. The first-order valence-electron chi connectivity index (χ1n) is 8.29. The lowest BCUT2D eigenvalue weighted by atomic mass is 10.1. The van der Waals surface area contributed by atoms with E-state index in [1.807, 2.05) is 0 Å². The molecule has 1 aliphatic rings. The van der Waals surface area contributed by atoms with Crippen molar-refractivity contribution in [1.29, 1.82) is 0 Å². The van der Waals surface area contributed by atoms with Gasteiger partial charge in [0, 0.05) is 19.6 Å². The van der Waals surface area contributed by atoms with Gasteiger partial charge in [0.25, 0.3) is 5.91 Å². The van der Waals surface area contributed by atoms with Crippen molar-refractivity contribution in [1.82, 2.24) is 9.62 Å². The average Bonchev–Trinajstić information content (AvgIpc) is 3.07. The van der Waals surface area contributed by atoms with Crippen LogP contribution in [0, 0.1) is 0 Å². The molecule has 0 aromatic heterocycles. The zero-order valence-corrected chi connectivity index (χ0v) is 15.3. The number of nitrogens with one attached hydrogen (secondary N) is 1. The Kier molecular flexibility index (Phi) is 6.55. The molecule has 0 spiro atoms. The maximum atomic E-state index is 12.2. The fourth-order valence-electron chi connectivity index (χ4n) is 2.66. The molecule has 0 radical (unpaired) electrons. The number of carbonyl (C=O) groups is 2. The summed E-state index contributed by atoms with van der Waals surface area (Å²) < 4.78 is 29.7. The highest BCUT2D eigenvalue weighted by molar-refractivity contribution is 7.88. The van der Waals surface area contributed by atoms with Gasteiger partial charge in [-0.1, -0.05) is 12.1 Å². The number of hydrogen-bond donors (Lipinski definition) is 1. The van der Waals surface area contributed by atoms with Crippen molar-refractivity contribution in [2.45, 2.75) is 32.3 Å². The second-order valence-electron chi connectivity index (χ2n) is 6.19. The van der Waals surface area contributed by atoms with E-state index in [1.54, 1.807) is 36.1 Å². The number of rotatable bonds is 7. The van der Waals surface area contributed by atoms with Crippen LogP contribution < -0.4 is 4.72 Å². The third kappa shape index (κ3) is 6.13. The zero-order valence-electron chi connectivity index (χ0n) is 14.5.